The van der Waals surface area contributed by atoms with Crippen molar-refractivity contribution in [2.75, 3.05) is 0 Å². The number of hydrogen-bond donors (Lipinski definition) is 1. The lowest BCUT2D eigenvalue weighted by atomic mass is 9.86. The van der Waals surface area contributed by atoms with Crippen molar-refractivity contribution in [3.05, 3.63) is 12.0 Å². The van der Waals surface area contributed by atoms with E-state index in [1.807, 2.05) is 6.20 Å². The van der Waals surface area contributed by atoms with E-state index < -0.39 is 0 Å². The highest BCUT2D eigenvalue weighted by atomic mass is 16.7. The van der Waals surface area contributed by atoms with Gasteiger partial charge in [0.2, 0.25) is 0 Å². The predicted molar refractivity (Wildman–Crippen MR) is 73.0 cm³/mol. The minimum atomic E-state index is -0.347. The second kappa shape index (κ2) is 4.39. The number of nitrogens with zero attached hydrogens (tertiary/aromatic N) is 1. The van der Waals surface area contributed by atoms with Crippen LogP contribution in [0.15, 0.2) is 6.20 Å². The monoisotopic (exact) mass is 250 g/mol. The number of hydrogen-bond acceptors (Lipinski definition) is 3. The maximum atomic E-state index is 5.98. The first kappa shape index (κ1) is 13.6. The molecule has 100 valence electrons. The standard InChI is InChI=1S/C13H23BN2O2/c1-7-9(2)11-15-8-10(16-11)14-17-12(3,4)13(5,6)18-14/h8-9H,7H2,1-6H3,(H,15,16). The molecule has 0 spiro atoms. The van der Waals surface area contributed by atoms with Crippen molar-refractivity contribution in [2.24, 2.45) is 0 Å². The van der Waals surface area contributed by atoms with Crippen molar-refractivity contribution in [2.45, 2.75) is 65.1 Å². The van der Waals surface area contributed by atoms with Crippen LogP contribution in [0.25, 0.3) is 0 Å². The number of nitrogens with one attached hydrogen (secondary N) is 1. The van der Waals surface area contributed by atoms with Gasteiger partial charge in [0.1, 0.15) is 5.82 Å². The molecule has 1 unspecified atom stereocenters. The lowest BCUT2D eigenvalue weighted by Crippen LogP contribution is -2.41. The Morgan fingerprint density at radius 2 is 1.83 bits per heavy atom. The van der Waals surface area contributed by atoms with E-state index in [2.05, 4.69) is 51.5 Å². The first-order chi connectivity index (χ1) is 8.27. The fourth-order valence-corrected chi connectivity index (χ4v) is 1.89. The number of aromatic nitrogens is 2. The molecule has 1 aromatic heterocycles. The summed E-state index contributed by atoms with van der Waals surface area (Å²) in [6, 6.07) is 0. The second-order valence-electron chi connectivity index (χ2n) is 6.12. The third kappa shape index (κ3) is 2.21. The van der Waals surface area contributed by atoms with Crippen LogP contribution in [0.1, 0.15) is 59.7 Å². The van der Waals surface area contributed by atoms with Gasteiger partial charge in [0.05, 0.1) is 16.8 Å². The van der Waals surface area contributed by atoms with Crippen LogP contribution >= 0.6 is 0 Å². The Kier molecular flexibility index (Phi) is 3.32. The van der Waals surface area contributed by atoms with Crippen molar-refractivity contribution in [3.8, 4) is 0 Å². The molecule has 4 nitrogen and oxygen atoms in total. The Balaban J connectivity index is 2.17. The lowest BCUT2D eigenvalue weighted by Gasteiger charge is -2.32. The van der Waals surface area contributed by atoms with Gasteiger partial charge in [-0.25, -0.2) is 4.98 Å². The largest absolute Gasteiger partial charge is 0.513 e. The van der Waals surface area contributed by atoms with E-state index in [1.165, 1.54) is 0 Å². The zero-order valence-electron chi connectivity index (χ0n) is 12.2. The molecule has 0 saturated carbocycles. The highest BCUT2D eigenvalue weighted by Gasteiger charge is 2.52. The first-order valence-electron chi connectivity index (χ1n) is 6.67. The van der Waals surface area contributed by atoms with Crippen LogP contribution in [0.4, 0.5) is 0 Å². The Hall–Kier alpha value is -0.805. The van der Waals surface area contributed by atoms with Crippen molar-refractivity contribution in [1.82, 2.24) is 9.97 Å². The quantitative estimate of drug-likeness (QED) is 0.837. The molecular weight excluding hydrogens is 227 g/mol. The number of aromatic amines is 1. The van der Waals surface area contributed by atoms with E-state index in [0.717, 1.165) is 17.8 Å². The molecule has 0 bridgehead atoms. The van der Waals surface area contributed by atoms with Crippen LogP contribution in [-0.2, 0) is 9.31 Å². The van der Waals surface area contributed by atoms with Crippen molar-refractivity contribution in [3.63, 3.8) is 0 Å². The summed E-state index contributed by atoms with van der Waals surface area (Å²) >= 11 is 0. The zero-order valence-corrected chi connectivity index (χ0v) is 12.2. The Bertz CT molecular complexity index is 412. The third-order valence-corrected chi connectivity index (χ3v) is 4.20. The molecule has 1 fully saturated rings. The number of H-pyrrole nitrogens is 1. The maximum Gasteiger partial charge on any atom is 0.513 e. The number of imidazole rings is 1. The molecule has 18 heavy (non-hydrogen) atoms. The summed E-state index contributed by atoms with van der Waals surface area (Å²) in [7, 11) is -0.347. The molecule has 2 rings (SSSR count). The van der Waals surface area contributed by atoms with Gasteiger partial charge < -0.3 is 14.3 Å². The van der Waals surface area contributed by atoms with Gasteiger partial charge in [0, 0.05) is 12.1 Å². The second-order valence-corrected chi connectivity index (χ2v) is 6.12. The van der Waals surface area contributed by atoms with E-state index in [1.54, 1.807) is 0 Å². The molecule has 1 aliphatic rings. The van der Waals surface area contributed by atoms with Gasteiger partial charge in [0.25, 0.3) is 0 Å². The smallest absolute Gasteiger partial charge is 0.398 e. The van der Waals surface area contributed by atoms with Crippen LogP contribution in [0.5, 0.6) is 0 Å². The molecule has 1 aliphatic heterocycles. The highest BCUT2D eigenvalue weighted by molar-refractivity contribution is 6.61. The van der Waals surface area contributed by atoms with Gasteiger partial charge in [-0.05, 0) is 34.1 Å². The summed E-state index contributed by atoms with van der Waals surface area (Å²) in [5.74, 6) is 1.43. The van der Waals surface area contributed by atoms with Gasteiger partial charge in [-0.1, -0.05) is 13.8 Å². The van der Waals surface area contributed by atoms with Gasteiger partial charge in [-0.15, -0.1) is 0 Å². The van der Waals surface area contributed by atoms with Gasteiger partial charge in [-0.3, -0.25) is 0 Å². The zero-order chi connectivity index (χ0) is 13.6. The van der Waals surface area contributed by atoms with E-state index >= 15 is 0 Å². The SMILES string of the molecule is CCC(C)c1ncc(B2OC(C)(C)C(C)(C)O2)[nH]1. The van der Waals surface area contributed by atoms with E-state index in [-0.39, 0.29) is 18.3 Å². The summed E-state index contributed by atoms with van der Waals surface area (Å²) in [5, 5.41) is 0. The Labute approximate surface area is 110 Å². The van der Waals surface area contributed by atoms with Crippen LogP contribution in [0.3, 0.4) is 0 Å². The molecule has 2 heterocycles. The summed E-state index contributed by atoms with van der Waals surface area (Å²) < 4.78 is 12.0. The molecule has 1 saturated heterocycles. The fraction of sp³-hybridized carbons (Fsp3) is 0.769. The van der Waals surface area contributed by atoms with Crippen LogP contribution in [-0.4, -0.2) is 28.3 Å². The molecule has 0 radical (unpaired) electrons. The molecule has 1 atom stereocenters. The van der Waals surface area contributed by atoms with E-state index in [9.17, 15) is 0 Å². The lowest BCUT2D eigenvalue weighted by molar-refractivity contribution is 0.00578. The molecule has 1 aromatic rings. The summed E-state index contributed by atoms with van der Waals surface area (Å²) in [4.78, 5) is 7.73. The molecular formula is C13H23BN2O2. The van der Waals surface area contributed by atoms with Crippen molar-refractivity contribution >= 4 is 12.7 Å². The molecule has 1 N–H and O–H groups in total. The predicted octanol–water partition coefficient (Wildman–Crippen LogP) is 2.22. The van der Waals surface area contributed by atoms with Gasteiger partial charge in [0.15, 0.2) is 0 Å². The summed E-state index contributed by atoms with van der Waals surface area (Å²) in [5.41, 5.74) is 0.294. The Morgan fingerprint density at radius 1 is 1.28 bits per heavy atom. The normalized spacial score (nSPS) is 23.3. The average Bonchev–Trinajstić information content (AvgIpc) is 2.82. The molecule has 5 heteroatoms. The van der Waals surface area contributed by atoms with Gasteiger partial charge in [-0.2, -0.15) is 0 Å². The van der Waals surface area contributed by atoms with Crippen LogP contribution < -0.4 is 5.59 Å². The third-order valence-electron chi connectivity index (χ3n) is 4.20. The maximum absolute atomic E-state index is 5.98. The summed E-state index contributed by atoms with van der Waals surface area (Å²) in [6.07, 6.45) is 2.89. The number of rotatable bonds is 3. The first-order valence-corrected chi connectivity index (χ1v) is 6.67. The van der Waals surface area contributed by atoms with E-state index in [4.69, 9.17) is 9.31 Å². The van der Waals surface area contributed by atoms with Crippen molar-refractivity contribution < 1.29 is 9.31 Å². The minimum Gasteiger partial charge on any atom is -0.398 e. The van der Waals surface area contributed by atoms with Crippen molar-refractivity contribution in [1.29, 1.82) is 0 Å². The van der Waals surface area contributed by atoms with E-state index in [0.29, 0.717) is 5.92 Å². The van der Waals surface area contributed by atoms with Crippen LogP contribution in [0, 0.1) is 0 Å². The molecule has 0 aliphatic carbocycles. The summed E-state index contributed by atoms with van der Waals surface area (Å²) in [6.45, 7) is 12.5. The Morgan fingerprint density at radius 3 is 2.33 bits per heavy atom. The highest BCUT2D eigenvalue weighted by Crippen LogP contribution is 2.36. The molecule has 0 aromatic carbocycles. The van der Waals surface area contributed by atoms with Crippen LogP contribution in [0.2, 0.25) is 0 Å². The average molecular weight is 250 g/mol. The fourth-order valence-electron chi connectivity index (χ4n) is 1.89. The van der Waals surface area contributed by atoms with Gasteiger partial charge >= 0.3 is 7.12 Å². The molecule has 0 amide bonds. The minimum absolute atomic E-state index is 0.306. The topological polar surface area (TPSA) is 47.1 Å².